The summed E-state index contributed by atoms with van der Waals surface area (Å²) in [4.78, 5) is 11.3. The van der Waals surface area contributed by atoms with Gasteiger partial charge < -0.3 is 16.4 Å². The quantitative estimate of drug-likeness (QED) is 0.551. The Morgan fingerprint density at radius 2 is 2.29 bits per heavy atom. The van der Waals surface area contributed by atoms with Gasteiger partial charge in [0.15, 0.2) is 0 Å². The predicted molar refractivity (Wildman–Crippen MR) is 71.1 cm³/mol. The summed E-state index contributed by atoms with van der Waals surface area (Å²) in [5.41, 5.74) is 10.5. The van der Waals surface area contributed by atoms with Crippen molar-refractivity contribution in [3.63, 3.8) is 0 Å². The van der Waals surface area contributed by atoms with Gasteiger partial charge >= 0.3 is 0 Å². The number of rotatable bonds is 3. The van der Waals surface area contributed by atoms with E-state index in [4.69, 9.17) is 5.73 Å². The monoisotopic (exact) mass is 231 g/mol. The van der Waals surface area contributed by atoms with E-state index in [0.717, 1.165) is 28.9 Å². The molecule has 2 rings (SSSR count). The summed E-state index contributed by atoms with van der Waals surface area (Å²) in [5, 5.41) is 6.06. The summed E-state index contributed by atoms with van der Waals surface area (Å²) >= 11 is 0. The van der Waals surface area contributed by atoms with Crippen molar-refractivity contribution in [3.8, 4) is 0 Å². The van der Waals surface area contributed by atoms with Gasteiger partial charge in [0.2, 0.25) is 5.91 Å². The Morgan fingerprint density at radius 1 is 1.53 bits per heavy atom. The highest BCUT2D eigenvalue weighted by Crippen LogP contribution is 2.30. The second-order valence-corrected chi connectivity index (χ2v) is 4.46. The average Bonchev–Trinajstić information content (AvgIpc) is 2.26. The first-order valence-corrected chi connectivity index (χ1v) is 5.67. The average molecular weight is 231 g/mol. The van der Waals surface area contributed by atoms with Gasteiger partial charge in [-0.3, -0.25) is 4.79 Å². The van der Waals surface area contributed by atoms with Crippen molar-refractivity contribution in [2.45, 2.75) is 19.8 Å². The number of hydrogen-bond acceptors (Lipinski definition) is 3. The molecule has 0 saturated carbocycles. The lowest BCUT2D eigenvalue weighted by Gasteiger charge is -2.19. The normalized spacial score (nSPS) is 13.8. The lowest BCUT2D eigenvalue weighted by molar-refractivity contribution is -0.116. The largest absolute Gasteiger partial charge is 0.397 e. The molecule has 0 fully saturated rings. The number of carbonyl (C=O) groups excluding carboxylic acids is 1. The molecule has 90 valence electrons. The van der Waals surface area contributed by atoms with Gasteiger partial charge in [0, 0.05) is 18.7 Å². The van der Waals surface area contributed by atoms with E-state index < -0.39 is 0 Å². The summed E-state index contributed by atoms with van der Waals surface area (Å²) in [5.74, 6) is 0.0631. The molecule has 4 N–H and O–H groups in total. The maximum atomic E-state index is 11.3. The SMILES string of the molecule is C=C(C)CNc1cc2c(cc1N)CCC(=O)N2. The number of fused-ring (bicyclic) bond motifs is 1. The van der Waals surface area contributed by atoms with Gasteiger partial charge in [-0.15, -0.1) is 0 Å². The van der Waals surface area contributed by atoms with Crippen molar-refractivity contribution >= 4 is 23.0 Å². The van der Waals surface area contributed by atoms with E-state index in [1.165, 1.54) is 0 Å². The Morgan fingerprint density at radius 3 is 3.00 bits per heavy atom. The molecular formula is C13H17N3O. The summed E-state index contributed by atoms with van der Waals surface area (Å²) in [7, 11) is 0. The fourth-order valence-corrected chi connectivity index (χ4v) is 1.85. The van der Waals surface area contributed by atoms with E-state index in [-0.39, 0.29) is 5.91 Å². The second-order valence-electron chi connectivity index (χ2n) is 4.46. The number of nitrogens with two attached hydrogens (primary N) is 1. The minimum atomic E-state index is 0.0631. The minimum absolute atomic E-state index is 0.0631. The maximum absolute atomic E-state index is 11.3. The zero-order valence-corrected chi connectivity index (χ0v) is 9.97. The maximum Gasteiger partial charge on any atom is 0.224 e. The third kappa shape index (κ3) is 2.58. The Labute approximate surface area is 101 Å². The van der Waals surface area contributed by atoms with Crippen molar-refractivity contribution in [2.75, 3.05) is 22.9 Å². The standard InChI is InChI=1S/C13H17N3O/c1-8(2)7-15-12-6-11-9(5-10(12)14)3-4-13(17)16-11/h5-6,15H,1,3-4,7,14H2,2H3,(H,16,17). The first kappa shape index (κ1) is 11.5. The van der Waals surface area contributed by atoms with Crippen LogP contribution in [0.25, 0.3) is 0 Å². The molecule has 0 saturated heterocycles. The highest BCUT2D eigenvalue weighted by atomic mass is 16.1. The van der Waals surface area contributed by atoms with Gasteiger partial charge in [-0.05, 0) is 31.0 Å². The topological polar surface area (TPSA) is 67.1 Å². The zero-order chi connectivity index (χ0) is 12.4. The van der Waals surface area contributed by atoms with Gasteiger partial charge in [-0.25, -0.2) is 0 Å². The molecule has 1 heterocycles. The van der Waals surface area contributed by atoms with Gasteiger partial charge in [-0.1, -0.05) is 12.2 Å². The molecule has 4 heteroatoms. The second kappa shape index (κ2) is 4.49. The van der Waals surface area contributed by atoms with Gasteiger partial charge in [0.25, 0.3) is 0 Å². The number of benzene rings is 1. The Balaban J connectivity index is 2.25. The van der Waals surface area contributed by atoms with Crippen molar-refractivity contribution in [1.82, 2.24) is 0 Å². The minimum Gasteiger partial charge on any atom is -0.397 e. The third-order valence-corrected chi connectivity index (χ3v) is 2.75. The smallest absolute Gasteiger partial charge is 0.224 e. The number of carbonyl (C=O) groups is 1. The number of hydrogen-bond donors (Lipinski definition) is 3. The molecule has 1 amide bonds. The van der Waals surface area contributed by atoms with Crippen LogP contribution in [0.3, 0.4) is 0 Å². The lowest BCUT2D eigenvalue weighted by Crippen LogP contribution is -2.19. The highest BCUT2D eigenvalue weighted by Gasteiger charge is 2.16. The third-order valence-electron chi connectivity index (χ3n) is 2.75. The number of nitrogens with one attached hydrogen (secondary N) is 2. The van der Waals surface area contributed by atoms with E-state index in [1.54, 1.807) is 0 Å². The summed E-state index contributed by atoms with van der Waals surface area (Å²) in [6.07, 6.45) is 1.29. The van der Waals surface area contributed by atoms with E-state index in [1.807, 2.05) is 19.1 Å². The van der Waals surface area contributed by atoms with E-state index >= 15 is 0 Å². The van der Waals surface area contributed by atoms with E-state index in [0.29, 0.717) is 18.7 Å². The molecule has 1 aliphatic heterocycles. The van der Waals surface area contributed by atoms with Crippen molar-refractivity contribution in [1.29, 1.82) is 0 Å². The number of amides is 1. The molecule has 1 aromatic carbocycles. The van der Waals surface area contributed by atoms with Gasteiger partial charge in [-0.2, -0.15) is 0 Å². The molecule has 0 spiro atoms. The number of anilines is 3. The van der Waals surface area contributed by atoms with Crippen LogP contribution in [-0.2, 0) is 11.2 Å². The van der Waals surface area contributed by atoms with Crippen molar-refractivity contribution in [2.24, 2.45) is 0 Å². The van der Waals surface area contributed by atoms with Crippen LogP contribution in [0.5, 0.6) is 0 Å². The first-order chi connectivity index (χ1) is 8.06. The van der Waals surface area contributed by atoms with Crippen LogP contribution >= 0.6 is 0 Å². The summed E-state index contributed by atoms with van der Waals surface area (Å²) in [6, 6.07) is 3.82. The molecular weight excluding hydrogens is 214 g/mol. The van der Waals surface area contributed by atoms with Crippen LogP contribution in [0.2, 0.25) is 0 Å². The molecule has 0 aromatic heterocycles. The molecule has 0 unspecified atom stereocenters. The Hall–Kier alpha value is -1.97. The first-order valence-electron chi connectivity index (χ1n) is 5.67. The highest BCUT2D eigenvalue weighted by molar-refractivity contribution is 5.95. The van der Waals surface area contributed by atoms with Crippen LogP contribution in [-0.4, -0.2) is 12.5 Å². The fraction of sp³-hybridized carbons (Fsp3) is 0.308. The van der Waals surface area contributed by atoms with Crippen LogP contribution in [0.1, 0.15) is 18.9 Å². The van der Waals surface area contributed by atoms with Crippen LogP contribution in [0, 0.1) is 0 Å². The molecule has 0 bridgehead atoms. The Bertz CT molecular complexity index is 480. The fourth-order valence-electron chi connectivity index (χ4n) is 1.85. The lowest BCUT2D eigenvalue weighted by atomic mass is 10.0. The van der Waals surface area contributed by atoms with Gasteiger partial charge in [0.05, 0.1) is 11.4 Å². The molecule has 0 atom stereocenters. The molecule has 4 nitrogen and oxygen atoms in total. The molecule has 0 radical (unpaired) electrons. The van der Waals surface area contributed by atoms with Crippen molar-refractivity contribution in [3.05, 3.63) is 29.8 Å². The van der Waals surface area contributed by atoms with E-state index in [2.05, 4.69) is 17.2 Å². The Kier molecular flexibility index (Phi) is 3.04. The van der Waals surface area contributed by atoms with Crippen molar-refractivity contribution < 1.29 is 4.79 Å². The van der Waals surface area contributed by atoms with Gasteiger partial charge in [0.1, 0.15) is 0 Å². The molecule has 17 heavy (non-hydrogen) atoms. The molecule has 1 aromatic rings. The predicted octanol–water partition coefficient (Wildman–Crippen LogP) is 2.14. The molecule has 1 aliphatic rings. The van der Waals surface area contributed by atoms with Crippen LogP contribution in [0.15, 0.2) is 24.3 Å². The number of nitrogen functional groups attached to an aromatic ring is 1. The summed E-state index contributed by atoms with van der Waals surface area (Å²) < 4.78 is 0. The zero-order valence-electron chi connectivity index (χ0n) is 9.97. The van der Waals surface area contributed by atoms with E-state index in [9.17, 15) is 4.79 Å². The number of aryl methyl sites for hydroxylation is 1. The summed E-state index contributed by atoms with van der Waals surface area (Å²) in [6.45, 7) is 6.45. The van der Waals surface area contributed by atoms with Crippen LogP contribution < -0.4 is 16.4 Å². The molecule has 0 aliphatic carbocycles. The van der Waals surface area contributed by atoms with Crippen LogP contribution in [0.4, 0.5) is 17.1 Å².